The highest BCUT2D eigenvalue weighted by atomic mass is 16.5. The van der Waals surface area contributed by atoms with E-state index < -0.39 is 0 Å². The first-order valence-corrected chi connectivity index (χ1v) is 6.39. The molecule has 1 aliphatic rings. The molecule has 0 aromatic carbocycles. The highest BCUT2D eigenvalue weighted by molar-refractivity contribution is 4.76. The van der Waals surface area contributed by atoms with Gasteiger partial charge in [0.25, 0.3) is 0 Å². The Morgan fingerprint density at radius 2 is 2.31 bits per heavy atom. The van der Waals surface area contributed by atoms with E-state index in [1.807, 2.05) is 0 Å². The van der Waals surface area contributed by atoms with Gasteiger partial charge in [0.2, 0.25) is 0 Å². The van der Waals surface area contributed by atoms with Gasteiger partial charge in [0.05, 0.1) is 12.7 Å². The second-order valence-corrected chi connectivity index (χ2v) is 4.61. The van der Waals surface area contributed by atoms with Gasteiger partial charge in [-0.15, -0.1) is 0 Å². The lowest BCUT2D eigenvalue weighted by Gasteiger charge is -2.30. The van der Waals surface area contributed by atoms with Crippen molar-refractivity contribution in [2.75, 3.05) is 39.9 Å². The molecule has 2 N–H and O–H groups in total. The van der Waals surface area contributed by atoms with Crippen LogP contribution >= 0.6 is 0 Å². The van der Waals surface area contributed by atoms with E-state index in [4.69, 9.17) is 4.74 Å². The summed E-state index contributed by atoms with van der Waals surface area (Å²) < 4.78 is 4.95. The van der Waals surface area contributed by atoms with Crippen molar-refractivity contribution in [2.24, 2.45) is 0 Å². The van der Waals surface area contributed by atoms with Crippen LogP contribution in [0.4, 0.5) is 0 Å². The Morgan fingerprint density at radius 3 is 2.88 bits per heavy atom. The van der Waals surface area contributed by atoms with Crippen LogP contribution in [0.3, 0.4) is 0 Å². The molecule has 96 valence electrons. The van der Waals surface area contributed by atoms with Crippen molar-refractivity contribution in [3.8, 4) is 0 Å². The summed E-state index contributed by atoms with van der Waals surface area (Å²) in [4.78, 5) is 2.30. The Kier molecular flexibility index (Phi) is 6.96. The van der Waals surface area contributed by atoms with Crippen molar-refractivity contribution in [1.29, 1.82) is 0 Å². The molecule has 0 amide bonds. The normalized spacial score (nSPS) is 23.6. The number of ether oxygens (including phenoxy) is 1. The highest BCUT2D eigenvalue weighted by Gasteiger charge is 2.17. The van der Waals surface area contributed by atoms with Crippen LogP contribution in [0.5, 0.6) is 0 Å². The van der Waals surface area contributed by atoms with Gasteiger partial charge in [0.1, 0.15) is 0 Å². The number of aliphatic hydroxyl groups is 1. The van der Waals surface area contributed by atoms with Crippen molar-refractivity contribution in [3.63, 3.8) is 0 Å². The summed E-state index contributed by atoms with van der Waals surface area (Å²) in [7, 11) is 1.63. The summed E-state index contributed by atoms with van der Waals surface area (Å²) in [5.74, 6) is 0. The maximum absolute atomic E-state index is 9.69. The third-order valence-electron chi connectivity index (χ3n) is 3.17. The van der Waals surface area contributed by atoms with Crippen LogP contribution in [0.15, 0.2) is 0 Å². The monoisotopic (exact) mass is 230 g/mol. The van der Waals surface area contributed by atoms with Crippen LogP contribution in [0.1, 0.15) is 26.2 Å². The fourth-order valence-corrected chi connectivity index (χ4v) is 2.27. The van der Waals surface area contributed by atoms with E-state index in [2.05, 4.69) is 17.1 Å². The van der Waals surface area contributed by atoms with Gasteiger partial charge >= 0.3 is 0 Å². The summed E-state index contributed by atoms with van der Waals surface area (Å²) in [6, 6.07) is 0.600. The van der Waals surface area contributed by atoms with E-state index in [1.165, 1.54) is 19.3 Å². The second kappa shape index (κ2) is 8.01. The minimum atomic E-state index is -0.367. The summed E-state index contributed by atoms with van der Waals surface area (Å²) in [5, 5.41) is 13.2. The van der Waals surface area contributed by atoms with Gasteiger partial charge in [0.15, 0.2) is 0 Å². The maximum Gasteiger partial charge on any atom is 0.0900 e. The molecule has 1 fully saturated rings. The van der Waals surface area contributed by atoms with E-state index in [0.29, 0.717) is 19.2 Å². The van der Waals surface area contributed by atoms with Gasteiger partial charge in [-0.1, -0.05) is 13.3 Å². The number of hydrogen-bond donors (Lipinski definition) is 2. The van der Waals surface area contributed by atoms with Gasteiger partial charge in [-0.2, -0.15) is 0 Å². The third-order valence-corrected chi connectivity index (χ3v) is 3.17. The molecule has 0 spiro atoms. The maximum atomic E-state index is 9.69. The molecular weight excluding hydrogens is 204 g/mol. The quantitative estimate of drug-likeness (QED) is 0.667. The van der Waals surface area contributed by atoms with E-state index in [-0.39, 0.29) is 6.10 Å². The molecule has 0 aliphatic carbocycles. The van der Waals surface area contributed by atoms with Gasteiger partial charge in [0, 0.05) is 26.2 Å². The zero-order chi connectivity index (χ0) is 11.8. The van der Waals surface area contributed by atoms with Crippen LogP contribution < -0.4 is 5.32 Å². The van der Waals surface area contributed by atoms with Gasteiger partial charge in [-0.05, 0) is 25.9 Å². The zero-order valence-corrected chi connectivity index (χ0v) is 10.6. The largest absolute Gasteiger partial charge is 0.389 e. The summed E-state index contributed by atoms with van der Waals surface area (Å²) in [5.41, 5.74) is 0. The molecule has 0 bridgehead atoms. The molecule has 1 saturated heterocycles. The number of piperidine rings is 1. The highest BCUT2D eigenvalue weighted by Crippen LogP contribution is 2.08. The van der Waals surface area contributed by atoms with E-state index in [9.17, 15) is 5.11 Å². The van der Waals surface area contributed by atoms with E-state index in [1.54, 1.807) is 7.11 Å². The van der Waals surface area contributed by atoms with Crippen LogP contribution in [-0.4, -0.2) is 62.0 Å². The first-order chi connectivity index (χ1) is 7.76. The van der Waals surface area contributed by atoms with Crippen molar-refractivity contribution >= 4 is 0 Å². The van der Waals surface area contributed by atoms with Crippen LogP contribution in [0.25, 0.3) is 0 Å². The SMILES string of the molecule is CCN(CC(O)COC)CC1CCCCN1. The number of methoxy groups -OCH3 is 1. The van der Waals surface area contributed by atoms with Crippen LogP contribution in [0.2, 0.25) is 0 Å². The summed E-state index contributed by atoms with van der Waals surface area (Å²) in [6.45, 7) is 6.44. The molecule has 1 heterocycles. The molecule has 0 radical (unpaired) electrons. The molecule has 2 unspecified atom stereocenters. The predicted octanol–water partition coefficient (Wildman–Crippen LogP) is 0.458. The Labute approximate surface area is 99.0 Å². The first kappa shape index (κ1) is 13.9. The number of aliphatic hydroxyl groups excluding tert-OH is 1. The third kappa shape index (κ3) is 5.25. The lowest BCUT2D eigenvalue weighted by molar-refractivity contribution is 0.0361. The fraction of sp³-hybridized carbons (Fsp3) is 1.00. The van der Waals surface area contributed by atoms with Gasteiger partial charge < -0.3 is 15.2 Å². The Balaban J connectivity index is 2.24. The average molecular weight is 230 g/mol. The molecular formula is C12H26N2O2. The Morgan fingerprint density at radius 1 is 1.50 bits per heavy atom. The molecule has 16 heavy (non-hydrogen) atoms. The molecule has 0 aromatic rings. The van der Waals surface area contributed by atoms with E-state index in [0.717, 1.165) is 19.6 Å². The molecule has 0 aromatic heterocycles. The molecule has 4 heteroatoms. The van der Waals surface area contributed by atoms with E-state index >= 15 is 0 Å². The van der Waals surface area contributed by atoms with Crippen LogP contribution in [0, 0.1) is 0 Å². The summed E-state index contributed by atoms with van der Waals surface area (Å²) >= 11 is 0. The Hall–Kier alpha value is -0.160. The molecule has 4 nitrogen and oxygen atoms in total. The Bertz CT molecular complexity index is 172. The summed E-state index contributed by atoms with van der Waals surface area (Å²) in [6.07, 6.45) is 3.52. The smallest absolute Gasteiger partial charge is 0.0900 e. The average Bonchev–Trinajstić information content (AvgIpc) is 2.30. The topological polar surface area (TPSA) is 44.7 Å². The second-order valence-electron chi connectivity index (χ2n) is 4.61. The van der Waals surface area contributed by atoms with Gasteiger partial charge in [-0.25, -0.2) is 0 Å². The zero-order valence-electron chi connectivity index (χ0n) is 10.6. The number of nitrogens with zero attached hydrogens (tertiary/aromatic N) is 1. The van der Waals surface area contributed by atoms with Crippen molar-refractivity contribution in [3.05, 3.63) is 0 Å². The number of likely N-dealkylation sites (N-methyl/N-ethyl adjacent to an activating group) is 1. The fourth-order valence-electron chi connectivity index (χ4n) is 2.27. The number of nitrogens with one attached hydrogen (secondary N) is 1. The number of hydrogen-bond acceptors (Lipinski definition) is 4. The van der Waals surface area contributed by atoms with Crippen molar-refractivity contribution < 1.29 is 9.84 Å². The van der Waals surface area contributed by atoms with Gasteiger partial charge in [-0.3, -0.25) is 4.90 Å². The standard InChI is InChI=1S/C12H26N2O2/c1-3-14(9-12(15)10-16-2)8-11-6-4-5-7-13-11/h11-13,15H,3-10H2,1-2H3. The molecule has 2 atom stereocenters. The minimum Gasteiger partial charge on any atom is -0.389 e. The van der Waals surface area contributed by atoms with Crippen molar-refractivity contribution in [1.82, 2.24) is 10.2 Å². The van der Waals surface area contributed by atoms with Crippen LogP contribution in [-0.2, 0) is 4.74 Å². The lowest BCUT2D eigenvalue weighted by Crippen LogP contribution is -2.46. The minimum absolute atomic E-state index is 0.367. The molecule has 0 saturated carbocycles. The predicted molar refractivity (Wildman–Crippen MR) is 65.6 cm³/mol. The lowest BCUT2D eigenvalue weighted by atomic mass is 10.0. The molecule has 1 aliphatic heterocycles. The first-order valence-electron chi connectivity index (χ1n) is 6.39. The molecule has 1 rings (SSSR count). The van der Waals surface area contributed by atoms with Crippen molar-refractivity contribution in [2.45, 2.75) is 38.3 Å². The number of rotatable bonds is 7.